The molecule has 0 radical (unpaired) electrons. The highest BCUT2D eigenvalue weighted by molar-refractivity contribution is 5.48. The number of aryl methyl sites for hydroxylation is 1. The number of benzene rings is 4. The molecule has 0 fully saturated rings. The number of hydrogen-bond donors (Lipinski definition) is 1. The molecule has 0 spiro atoms. The van der Waals surface area contributed by atoms with E-state index in [-0.39, 0.29) is 19.1 Å². The van der Waals surface area contributed by atoms with E-state index in [1.165, 1.54) is 27.8 Å². The van der Waals surface area contributed by atoms with Crippen LogP contribution >= 0.6 is 0 Å². The van der Waals surface area contributed by atoms with Crippen molar-refractivity contribution in [2.24, 2.45) is 0 Å². The highest BCUT2D eigenvalue weighted by atomic mass is 16.5. The lowest BCUT2D eigenvalue weighted by Gasteiger charge is -2.35. The number of fused-ring (bicyclic) bond motifs is 1. The molecule has 4 aromatic rings. The Bertz CT molecular complexity index is 1450. The van der Waals surface area contributed by atoms with E-state index < -0.39 is 0 Å². The van der Waals surface area contributed by atoms with Gasteiger partial charge in [0.05, 0.1) is 0 Å². The van der Waals surface area contributed by atoms with Crippen LogP contribution in [0.2, 0.25) is 0 Å². The van der Waals surface area contributed by atoms with E-state index in [4.69, 9.17) is 14.6 Å². The Morgan fingerprint density at radius 1 is 0.711 bits per heavy atom. The first-order valence-electron chi connectivity index (χ1n) is 13.0. The van der Waals surface area contributed by atoms with Gasteiger partial charge in [-0.1, -0.05) is 84.8 Å². The lowest BCUT2D eigenvalue weighted by atomic mass is 9.69. The Balaban J connectivity index is 1.38. The fourth-order valence-corrected chi connectivity index (χ4v) is 5.15. The lowest BCUT2D eigenvalue weighted by Crippen LogP contribution is -2.20. The molecular weight excluding hydrogens is 468 g/mol. The zero-order valence-corrected chi connectivity index (χ0v) is 21.3. The second kappa shape index (κ2) is 12.7. The molecule has 0 aromatic heterocycles. The summed E-state index contributed by atoms with van der Waals surface area (Å²) in [6.45, 7) is 0.632. The smallest absolute Gasteiger partial charge is 0.150 e. The van der Waals surface area contributed by atoms with Crippen LogP contribution in [0.15, 0.2) is 103 Å². The van der Waals surface area contributed by atoms with E-state index in [2.05, 4.69) is 96.5 Å². The first kappa shape index (κ1) is 25.2. The fourth-order valence-electron chi connectivity index (χ4n) is 5.15. The average Bonchev–Trinajstić information content (AvgIpc) is 2.98. The number of hydrogen-bond acceptors (Lipinski definition) is 3. The lowest BCUT2D eigenvalue weighted by molar-refractivity contribution is 0.305. The Labute approximate surface area is 225 Å². The van der Waals surface area contributed by atoms with Gasteiger partial charge in [-0.3, -0.25) is 0 Å². The minimum absolute atomic E-state index is 0.187. The van der Waals surface area contributed by atoms with Gasteiger partial charge in [-0.15, -0.1) is 0 Å². The summed E-state index contributed by atoms with van der Waals surface area (Å²) in [5.74, 6) is 12.9. The molecule has 2 atom stereocenters. The van der Waals surface area contributed by atoms with Crippen LogP contribution in [0.5, 0.6) is 11.5 Å². The van der Waals surface area contributed by atoms with Gasteiger partial charge in [0.2, 0.25) is 0 Å². The summed E-state index contributed by atoms with van der Waals surface area (Å²) >= 11 is 0. The second-order valence-corrected chi connectivity index (χ2v) is 9.29. The van der Waals surface area contributed by atoms with E-state index >= 15 is 0 Å². The Morgan fingerprint density at radius 2 is 1.42 bits per heavy atom. The van der Waals surface area contributed by atoms with Gasteiger partial charge in [-0.25, -0.2) is 0 Å². The number of aliphatic hydroxyl groups is 1. The molecule has 1 aliphatic rings. The fraction of sp³-hybridized carbons (Fsp3) is 0.200. The molecule has 0 aliphatic heterocycles. The van der Waals surface area contributed by atoms with Gasteiger partial charge in [-0.05, 0) is 88.6 Å². The third-order valence-electron chi connectivity index (χ3n) is 6.92. The average molecular weight is 499 g/mol. The van der Waals surface area contributed by atoms with Crippen LogP contribution in [0, 0.1) is 23.7 Å². The van der Waals surface area contributed by atoms with Gasteiger partial charge in [0.15, 0.2) is 0 Å². The molecule has 3 nitrogen and oxygen atoms in total. The monoisotopic (exact) mass is 498 g/mol. The van der Waals surface area contributed by atoms with Crippen molar-refractivity contribution in [1.29, 1.82) is 0 Å². The Kier molecular flexibility index (Phi) is 8.42. The first-order chi connectivity index (χ1) is 18.8. The van der Waals surface area contributed by atoms with E-state index in [0.29, 0.717) is 12.5 Å². The highest BCUT2D eigenvalue weighted by Crippen LogP contribution is 2.47. The summed E-state index contributed by atoms with van der Waals surface area (Å²) in [7, 11) is 0. The van der Waals surface area contributed by atoms with Crippen LogP contribution in [0.1, 0.15) is 46.1 Å². The Morgan fingerprint density at radius 3 is 2.18 bits per heavy atom. The van der Waals surface area contributed by atoms with E-state index in [9.17, 15) is 0 Å². The molecular formula is C35H30O3. The Hall–Kier alpha value is -4.44. The van der Waals surface area contributed by atoms with Crippen LogP contribution in [0.3, 0.4) is 0 Å². The minimum Gasteiger partial charge on any atom is -0.489 e. The molecule has 0 saturated heterocycles. The van der Waals surface area contributed by atoms with E-state index in [1.54, 1.807) is 0 Å². The number of rotatable bonds is 7. The molecule has 0 bridgehead atoms. The van der Waals surface area contributed by atoms with Gasteiger partial charge >= 0.3 is 0 Å². The SMILES string of the molecule is OCC#CC#CCOc1ccc([C@@H]2c3ccc(OCc4ccccc4)cc3CC[C@@H]2c2ccccc2)cc1. The van der Waals surface area contributed by atoms with Crippen molar-refractivity contribution in [2.75, 3.05) is 13.2 Å². The summed E-state index contributed by atoms with van der Waals surface area (Å²) in [4.78, 5) is 0. The van der Waals surface area contributed by atoms with Crippen molar-refractivity contribution in [3.63, 3.8) is 0 Å². The largest absolute Gasteiger partial charge is 0.489 e. The van der Waals surface area contributed by atoms with Crippen molar-refractivity contribution in [1.82, 2.24) is 0 Å². The van der Waals surface area contributed by atoms with Crippen molar-refractivity contribution in [3.05, 3.63) is 131 Å². The molecule has 4 aromatic carbocycles. The van der Waals surface area contributed by atoms with Gasteiger partial charge in [0, 0.05) is 5.92 Å². The maximum atomic E-state index is 8.69. The summed E-state index contributed by atoms with van der Waals surface area (Å²) in [5, 5.41) is 8.69. The van der Waals surface area contributed by atoms with Gasteiger partial charge in [0.25, 0.3) is 0 Å². The zero-order valence-electron chi connectivity index (χ0n) is 21.3. The predicted molar refractivity (Wildman–Crippen MR) is 151 cm³/mol. The molecule has 3 heteroatoms. The molecule has 1 N–H and O–H groups in total. The third kappa shape index (κ3) is 6.27. The highest BCUT2D eigenvalue weighted by Gasteiger charge is 2.32. The second-order valence-electron chi connectivity index (χ2n) is 9.29. The van der Waals surface area contributed by atoms with Crippen LogP contribution in [-0.2, 0) is 13.0 Å². The minimum atomic E-state index is -0.187. The molecule has 0 heterocycles. The predicted octanol–water partition coefficient (Wildman–Crippen LogP) is 6.51. The zero-order chi connectivity index (χ0) is 26.0. The van der Waals surface area contributed by atoms with Crippen LogP contribution in [0.25, 0.3) is 0 Å². The normalized spacial score (nSPS) is 15.7. The van der Waals surface area contributed by atoms with Gasteiger partial charge in [0.1, 0.15) is 31.3 Å². The van der Waals surface area contributed by atoms with Crippen LogP contribution in [-0.4, -0.2) is 18.3 Å². The van der Waals surface area contributed by atoms with Crippen LogP contribution in [0.4, 0.5) is 0 Å². The molecule has 0 saturated carbocycles. The van der Waals surface area contributed by atoms with Crippen LogP contribution < -0.4 is 9.47 Å². The molecule has 0 amide bonds. The van der Waals surface area contributed by atoms with E-state index in [1.807, 2.05) is 30.3 Å². The summed E-state index contributed by atoms with van der Waals surface area (Å²) in [5.41, 5.74) is 6.52. The van der Waals surface area contributed by atoms with Crippen molar-refractivity contribution < 1.29 is 14.6 Å². The maximum absolute atomic E-state index is 8.69. The molecule has 38 heavy (non-hydrogen) atoms. The third-order valence-corrected chi connectivity index (χ3v) is 6.92. The number of ether oxygens (including phenoxy) is 2. The standard InChI is InChI=1S/C35H30O3/c36-23-9-1-2-10-24-37-31-18-15-29(16-19-31)35-33(28-13-7-4-8-14-28)21-17-30-25-32(20-22-34(30)35)38-26-27-11-5-3-6-12-27/h3-8,11-16,18-20,22,25,33,35-36H,17,21,23-24,26H2/t33-,35+/m1/s1. The molecule has 188 valence electrons. The van der Waals surface area contributed by atoms with Crippen molar-refractivity contribution >= 4 is 0 Å². The summed E-state index contributed by atoms with van der Waals surface area (Å²) in [6, 6.07) is 36.1. The van der Waals surface area contributed by atoms with E-state index in [0.717, 1.165) is 24.3 Å². The maximum Gasteiger partial charge on any atom is 0.150 e. The van der Waals surface area contributed by atoms with Gasteiger partial charge in [-0.2, -0.15) is 0 Å². The quantitative estimate of drug-likeness (QED) is 0.296. The summed E-state index contributed by atoms with van der Waals surface area (Å²) in [6.07, 6.45) is 2.10. The van der Waals surface area contributed by atoms with Crippen molar-refractivity contribution in [2.45, 2.75) is 31.3 Å². The molecule has 0 unspecified atom stereocenters. The van der Waals surface area contributed by atoms with Crippen molar-refractivity contribution in [3.8, 4) is 35.2 Å². The topological polar surface area (TPSA) is 38.7 Å². The summed E-state index contributed by atoms with van der Waals surface area (Å²) < 4.78 is 11.9. The molecule has 1 aliphatic carbocycles. The molecule has 5 rings (SSSR count). The van der Waals surface area contributed by atoms with Gasteiger partial charge < -0.3 is 14.6 Å². The first-order valence-corrected chi connectivity index (χ1v) is 13.0. The number of aliphatic hydroxyl groups excluding tert-OH is 1.